The van der Waals surface area contributed by atoms with Crippen LogP contribution in [0.3, 0.4) is 0 Å². The summed E-state index contributed by atoms with van der Waals surface area (Å²) in [5, 5.41) is 5.54. The van der Waals surface area contributed by atoms with Crippen LogP contribution >= 0.6 is 0 Å². The van der Waals surface area contributed by atoms with Crippen LogP contribution in [0.4, 0.5) is 32.0 Å². The number of nitrogens with one attached hydrogen (secondary N) is 1. The molecule has 2 atom stereocenters. The Morgan fingerprint density at radius 2 is 1.84 bits per heavy atom. The highest BCUT2D eigenvalue weighted by Gasteiger charge is 2.47. The van der Waals surface area contributed by atoms with Gasteiger partial charge in [-0.2, -0.15) is 18.3 Å². The second-order valence-electron chi connectivity index (χ2n) is 7.42. The van der Waals surface area contributed by atoms with Crippen LogP contribution in [0.2, 0.25) is 0 Å². The molecule has 2 aromatic rings. The van der Waals surface area contributed by atoms with E-state index in [4.69, 9.17) is 0 Å². The minimum Gasteiger partial charge on any atom is -0.344 e. The van der Waals surface area contributed by atoms with Crippen LogP contribution in [0.1, 0.15) is 29.8 Å². The molecule has 0 bridgehead atoms. The number of amides is 2. The summed E-state index contributed by atoms with van der Waals surface area (Å²) < 4.78 is 81.7. The van der Waals surface area contributed by atoms with Crippen molar-refractivity contribution in [2.24, 2.45) is 13.0 Å². The summed E-state index contributed by atoms with van der Waals surface area (Å²) in [5.74, 6) is -9.16. The summed E-state index contributed by atoms with van der Waals surface area (Å²) in [6, 6.07) is 3.70. The van der Waals surface area contributed by atoms with Gasteiger partial charge in [0.1, 0.15) is 11.7 Å². The van der Waals surface area contributed by atoms with Crippen molar-refractivity contribution < 1.29 is 35.9 Å². The molecule has 1 aromatic carbocycles. The highest BCUT2D eigenvalue weighted by Crippen LogP contribution is 2.39. The predicted octanol–water partition coefficient (Wildman–Crippen LogP) is 3.50. The lowest BCUT2D eigenvalue weighted by Gasteiger charge is -2.20. The number of aryl methyl sites for hydroxylation is 1. The minimum absolute atomic E-state index is 0.0227. The van der Waals surface area contributed by atoms with Crippen LogP contribution in [0, 0.1) is 11.7 Å². The second kappa shape index (κ2) is 7.57. The smallest absolute Gasteiger partial charge is 0.344 e. The number of hydrogen-bond donors (Lipinski definition) is 1. The van der Waals surface area contributed by atoms with Gasteiger partial charge in [-0.1, -0.05) is 6.07 Å². The van der Waals surface area contributed by atoms with Gasteiger partial charge in [0, 0.05) is 39.2 Å². The molecule has 2 heterocycles. The molecule has 0 saturated carbocycles. The molecule has 0 unspecified atom stereocenters. The van der Waals surface area contributed by atoms with E-state index in [1.807, 2.05) is 0 Å². The van der Waals surface area contributed by atoms with E-state index < -0.39 is 58.5 Å². The molecule has 6 nitrogen and oxygen atoms in total. The maximum atomic E-state index is 14.0. The molecular formula is C19H18F6N4O2. The topological polar surface area (TPSA) is 67.2 Å². The SMILES string of the molecule is CN1C[C@H](c2cc(C(F)(F)F)nn2C)[C@@H](C(=O)Nc2cccc(F)c2C(C)(F)F)C1=O. The van der Waals surface area contributed by atoms with Gasteiger partial charge >= 0.3 is 6.18 Å². The number of rotatable bonds is 4. The van der Waals surface area contributed by atoms with Gasteiger partial charge in [0.15, 0.2) is 5.69 Å². The molecule has 1 aliphatic heterocycles. The summed E-state index contributed by atoms with van der Waals surface area (Å²) in [4.78, 5) is 26.6. The van der Waals surface area contributed by atoms with Crippen LogP contribution in [-0.2, 0) is 28.7 Å². The Hall–Kier alpha value is -3.05. The molecule has 2 amide bonds. The lowest BCUT2D eigenvalue weighted by atomic mass is 9.91. The summed E-state index contributed by atoms with van der Waals surface area (Å²) in [7, 11) is 2.60. The number of anilines is 1. The van der Waals surface area contributed by atoms with Crippen molar-refractivity contribution in [2.45, 2.75) is 24.9 Å². The highest BCUT2D eigenvalue weighted by atomic mass is 19.4. The Morgan fingerprint density at radius 1 is 1.19 bits per heavy atom. The van der Waals surface area contributed by atoms with E-state index in [1.165, 1.54) is 14.1 Å². The average Bonchev–Trinajstić information content (AvgIpc) is 3.14. The van der Waals surface area contributed by atoms with E-state index in [0.29, 0.717) is 6.92 Å². The number of halogens is 6. The lowest BCUT2D eigenvalue weighted by Crippen LogP contribution is -2.33. The third kappa shape index (κ3) is 4.23. The largest absolute Gasteiger partial charge is 0.435 e. The van der Waals surface area contributed by atoms with E-state index in [2.05, 4.69) is 10.4 Å². The highest BCUT2D eigenvalue weighted by molar-refractivity contribution is 6.08. The Kier molecular flexibility index (Phi) is 5.53. The molecule has 1 aliphatic rings. The number of nitrogens with zero attached hydrogens (tertiary/aromatic N) is 3. The van der Waals surface area contributed by atoms with Gasteiger partial charge in [-0.25, -0.2) is 13.2 Å². The zero-order chi connectivity index (χ0) is 23.3. The number of benzene rings is 1. The van der Waals surface area contributed by atoms with Gasteiger partial charge in [0.25, 0.3) is 5.92 Å². The van der Waals surface area contributed by atoms with Crippen LogP contribution < -0.4 is 5.32 Å². The maximum absolute atomic E-state index is 14.0. The monoisotopic (exact) mass is 448 g/mol. The molecule has 0 radical (unpaired) electrons. The lowest BCUT2D eigenvalue weighted by molar-refractivity contribution is -0.141. The number of likely N-dealkylation sites (tertiary alicyclic amines) is 1. The fraction of sp³-hybridized carbons (Fsp3) is 0.421. The van der Waals surface area contributed by atoms with Crippen molar-refractivity contribution in [3.8, 4) is 0 Å². The molecule has 1 aromatic heterocycles. The van der Waals surface area contributed by atoms with Crippen LogP contribution in [0.25, 0.3) is 0 Å². The number of likely N-dealkylation sites (N-methyl/N-ethyl adjacent to an activating group) is 1. The molecule has 1 fully saturated rings. The van der Waals surface area contributed by atoms with Gasteiger partial charge < -0.3 is 10.2 Å². The zero-order valence-corrected chi connectivity index (χ0v) is 16.6. The zero-order valence-electron chi connectivity index (χ0n) is 16.6. The summed E-state index contributed by atoms with van der Waals surface area (Å²) in [6.45, 7) is 0.361. The van der Waals surface area contributed by atoms with Crippen molar-refractivity contribution in [1.82, 2.24) is 14.7 Å². The Balaban J connectivity index is 1.98. The average molecular weight is 448 g/mol. The van der Waals surface area contributed by atoms with E-state index in [1.54, 1.807) is 0 Å². The number of carbonyl (C=O) groups excluding carboxylic acids is 2. The fourth-order valence-corrected chi connectivity index (χ4v) is 3.71. The molecule has 1 saturated heterocycles. The molecule has 0 spiro atoms. The third-order valence-electron chi connectivity index (χ3n) is 5.09. The van der Waals surface area contributed by atoms with E-state index in [9.17, 15) is 35.9 Å². The van der Waals surface area contributed by atoms with E-state index in [-0.39, 0.29) is 12.2 Å². The number of alkyl halides is 5. The molecule has 168 valence electrons. The van der Waals surface area contributed by atoms with Gasteiger partial charge in [-0.3, -0.25) is 14.3 Å². The summed E-state index contributed by atoms with van der Waals surface area (Å²) in [6.07, 6.45) is -4.73. The standard InChI is InChI=1S/C19H18F6N4O2/c1-18(21,22)15-10(20)5-4-6-11(15)26-16(30)14-9(8-28(2)17(14)31)12-7-13(19(23,24)25)27-29(12)3/h4-7,9,14H,8H2,1-3H3,(H,26,30)/t9-,14+/m1/s1. The van der Waals surface area contributed by atoms with Crippen molar-refractivity contribution >= 4 is 17.5 Å². The molecule has 3 rings (SSSR count). The number of hydrogen-bond acceptors (Lipinski definition) is 3. The quantitative estimate of drug-likeness (QED) is 0.575. The first-order valence-electron chi connectivity index (χ1n) is 9.05. The predicted molar refractivity (Wildman–Crippen MR) is 96.7 cm³/mol. The Morgan fingerprint density at radius 3 is 2.39 bits per heavy atom. The number of carbonyl (C=O) groups is 2. The second-order valence-corrected chi connectivity index (χ2v) is 7.42. The van der Waals surface area contributed by atoms with Crippen molar-refractivity contribution in [3.63, 3.8) is 0 Å². The Labute approximate surface area is 172 Å². The third-order valence-corrected chi connectivity index (χ3v) is 5.09. The molecule has 12 heteroatoms. The minimum atomic E-state index is -4.73. The first-order valence-corrected chi connectivity index (χ1v) is 9.05. The summed E-state index contributed by atoms with van der Waals surface area (Å²) >= 11 is 0. The normalized spacial score (nSPS) is 19.8. The van der Waals surface area contributed by atoms with Crippen molar-refractivity contribution in [3.05, 3.63) is 47.0 Å². The maximum Gasteiger partial charge on any atom is 0.435 e. The van der Waals surface area contributed by atoms with Gasteiger partial charge in [-0.05, 0) is 18.2 Å². The first-order chi connectivity index (χ1) is 14.2. The first kappa shape index (κ1) is 22.6. The van der Waals surface area contributed by atoms with Crippen LogP contribution in [0.5, 0.6) is 0 Å². The van der Waals surface area contributed by atoms with Gasteiger partial charge in [-0.15, -0.1) is 0 Å². The van der Waals surface area contributed by atoms with Gasteiger partial charge in [0.2, 0.25) is 11.8 Å². The van der Waals surface area contributed by atoms with Crippen molar-refractivity contribution in [1.29, 1.82) is 0 Å². The van der Waals surface area contributed by atoms with Crippen LogP contribution in [-0.4, -0.2) is 40.1 Å². The molecule has 0 aliphatic carbocycles. The van der Waals surface area contributed by atoms with Crippen molar-refractivity contribution in [2.75, 3.05) is 18.9 Å². The van der Waals surface area contributed by atoms with Crippen LogP contribution in [0.15, 0.2) is 24.3 Å². The molecule has 31 heavy (non-hydrogen) atoms. The molecule has 1 N–H and O–H groups in total. The van der Waals surface area contributed by atoms with E-state index >= 15 is 0 Å². The number of aromatic nitrogens is 2. The molecular weight excluding hydrogens is 430 g/mol. The Bertz CT molecular complexity index is 1030. The fourth-order valence-electron chi connectivity index (χ4n) is 3.71. The summed E-state index contributed by atoms with van der Waals surface area (Å²) in [5.41, 5.74) is -2.80. The van der Waals surface area contributed by atoms with Gasteiger partial charge in [0.05, 0.1) is 11.3 Å². The van der Waals surface area contributed by atoms with E-state index in [0.717, 1.165) is 33.8 Å².